The Balaban J connectivity index is 1.54. The second kappa shape index (κ2) is 14.8. The van der Waals surface area contributed by atoms with E-state index in [0.29, 0.717) is 28.2 Å². The second-order valence-electron chi connectivity index (χ2n) is 9.92. The monoisotopic (exact) mass is 610 g/mol. The maximum Gasteiger partial charge on any atom is 0.338 e. The van der Waals surface area contributed by atoms with E-state index in [1.165, 1.54) is 6.07 Å². The number of hydrogen-bond donors (Lipinski definition) is 0. The fourth-order valence-electron chi connectivity index (χ4n) is 3.72. The van der Waals surface area contributed by atoms with Gasteiger partial charge in [-0.2, -0.15) is 0 Å². The van der Waals surface area contributed by atoms with Crippen LogP contribution in [0.25, 0.3) is 11.1 Å². The molecule has 0 fully saturated rings. The summed E-state index contributed by atoms with van der Waals surface area (Å²) in [4.78, 5) is 35.4. The van der Waals surface area contributed by atoms with Crippen molar-refractivity contribution in [2.75, 3.05) is 0 Å². The summed E-state index contributed by atoms with van der Waals surface area (Å²) < 4.78 is 30.9. The standard InChI is InChI=1S/C39H27FO6/c1-6-37(41)46-36-24-31(35(40)23-32(36)16-10-28-11-19-33(20-12-28)44-38(42)25(2)3)15-9-27-7-13-29(14-8-27)30-17-21-34(22-18-30)45-39(43)26(4)5/h6-8,11-14,17-24H,1-2,4H2,3,5H3. The summed E-state index contributed by atoms with van der Waals surface area (Å²) in [6.07, 6.45) is 0.987. The topological polar surface area (TPSA) is 78.9 Å². The largest absolute Gasteiger partial charge is 0.423 e. The molecule has 46 heavy (non-hydrogen) atoms. The van der Waals surface area contributed by atoms with Crippen LogP contribution in [0.4, 0.5) is 4.39 Å². The van der Waals surface area contributed by atoms with Crippen molar-refractivity contribution in [3.63, 3.8) is 0 Å². The van der Waals surface area contributed by atoms with Gasteiger partial charge in [0, 0.05) is 34.4 Å². The lowest BCUT2D eigenvalue weighted by atomic mass is 10.0. The fraction of sp³-hybridized carbons (Fsp3) is 0.0513. The van der Waals surface area contributed by atoms with Gasteiger partial charge in [0.15, 0.2) is 0 Å². The van der Waals surface area contributed by atoms with Gasteiger partial charge in [0.1, 0.15) is 23.1 Å². The lowest BCUT2D eigenvalue weighted by Gasteiger charge is -2.07. The highest BCUT2D eigenvalue weighted by molar-refractivity contribution is 5.89. The summed E-state index contributed by atoms with van der Waals surface area (Å²) >= 11 is 0. The molecular weight excluding hydrogens is 583 g/mol. The fourth-order valence-corrected chi connectivity index (χ4v) is 3.72. The first kappa shape index (κ1) is 32.5. The summed E-state index contributed by atoms with van der Waals surface area (Å²) in [5.74, 6) is 9.73. The van der Waals surface area contributed by atoms with E-state index in [2.05, 4.69) is 43.4 Å². The van der Waals surface area contributed by atoms with Crippen LogP contribution in [-0.2, 0) is 14.4 Å². The van der Waals surface area contributed by atoms with Gasteiger partial charge in [-0.25, -0.2) is 18.8 Å². The molecule has 0 heterocycles. The van der Waals surface area contributed by atoms with Crippen LogP contribution in [0.3, 0.4) is 0 Å². The number of rotatable bonds is 7. The smallest absolute Gasteiger partial charge is 0.338 e. The van der Waals surface area contributed by atoms with E-state index in [4.69, 9.17) is 14.2 Å². The number of carbonyl (C=O) groups is 3. The molecule has 0 aliphatic rings. The third-order valence-corrected chi connectivity index (χ3v) is 6.17. The molecule has 7 heteroatoms. The van der Waals surface area contributed by atoms with E-state index >= 15 is 4.39 Å². The Kier molecular flexibility index (Phi) is 10.5. The molecule has 0 N–H and O–H groups in total. The predicted octanol–water partition coefficient (Wildman–Crippen LogP) is 7.35. The first-order chi connectivity index (χ1) is 22.0. The maximum atomic E-state index is 15.1. The number of hydrogen-bond acceptors (Lipinski definition) is 6. The molecule has 0 aliphatic carbocycles. The van der Waals surface area contributed by atoms with Crippen molar-refractivity contribution in [3.8, 4) is 52.1 Å². The summed E-state index contributed by atoms with van der Waals surface area (Å²) in [5.41, 5.74) is 3.68. The Morgan fingerprint density at radius 2 is 1.07 bits per heavy atom. The van der Waals surface area contributed by atoms with E-state index in [1.54, 1.807) is 62.4 Å². The van der Waals surface area contributed by atoms with Crippen LogP contribution in [-0.4, -0.2) is 17.9 Å². The van der Waals surface area contributed by atoms with E-state index in [1.807, 2.05) is 24.3 Å². The Bertz CT molecular complexity index is 1980. The van der Waals surface area contributed by atoms with Crippen LogP contribution in [0.15, 0.2) is 122 Å². The van der Waals surface area contributed by atoms with Crippen molar-refractivity contribution >= 4 is 17.9 Å². The van der Waals surface area contributed by atoms with Crippen molar-refractivity contribution in [1.29, 1.82) is 0 Å². The average molecular weight is 611 g/mol. The predicted molar refractivity (Wildman–Crippen MR) is 173 cm³/mol. The van der Waals surface area contributed by atoms with Gasteiger partial charge in [-0.05, 0) is 79.6 Å². The van der Waals surface area contributed by atoms with Gasteiger partial charge >= 0.3 is 17.9 Å². The third kappa shape index (κ3) is 8.79. The lowest BCUT2D eigenvalue weighted by Crippen LogP contribution is -2.07. The molecule has 0 saturated carbocycles. The number of carbonyl (C=O) groups excluding carboxylic acids is 3. The third-order valence-electron chi connectivity index (χ3n) is 6.17. The van der Waals surface area contributed by atoms with Crippen LogP contribution in [0, 0.1) is 29.5 Å². The Labute approximate surface area is 266 Å². The molecule has 0 radical (unpaired) electrons. The first-order valence-corrected chi connectivity index (χ1v) is 13.8. The number of halogens is 1. The molecule has 0 saturated heterocycles. The molecule has 0 unspecified atom stereocenters. The van der Waals surface area contributed by atoms with E-state index in [0.717, 1.165) is 23.3 Å². The molecule has 0 amide bonds. The SMILES string of the molecule is C=CC(=O)Oc1cc(C#Cc2ccc(-c3ccc(OC(=O)C(=C)C)cc3)cc2)c(F)cc1C#Cc1ccc(OC(=O)C(=C)C)cc1. The van der Waals surface area contributed by atoms with Crippen LogP contribution in [0.1, 0.15) is 36.1 Å². The Morgan fingerprint density at radius 1 is 0.630 bits per heavy atom. The van der Waals surface area contributed by atoms with Crippen LogP contribution < -0.4 is 14.2 Å². The van der Waals surface area contributed by atoms with Gasteiger partial charge in [-0.1, -0.05) is 67.7 Å². The zero-order valence-corrected chi connectivity index (χ0v) is 25.1. The Morgan fingerprint density at radius 3 is 1.54 bits per heavy atom. The number of benzene rings is 4. The maximum absolute atomic E-state index is 15.1. The van der Waals surface area contributed by atoms with Crippen LogP contribution in [0.5, 0.6) is 17.2 Å². The molecule has 0 spiro atoms. The molecular formula is C39H27FO6. The lowest BCUT2D eigenvalue weighted by molar-refractivity contribution is -0.130. The first-order valence-electron chi connectivity index (χ1n) is 13.8. The molecule has 4 rings (SSSR count). The van der Waals surface area contributed by atoms with Crippen molar-refractivity contribution in [2.24, 2.45) is 0 Å². The zero-order valence-electron chi connectivity index (χ0n) is 25.1. The van der Waals surface area contributed by atoms with Gasteiger partial charge in [0.05, 0.1) is 11.1 Å². The molecule has 0 bridgehead atoms. The van der Waals surface area contributed by atoms with Crippen LogP contribution in [0.2, 0.25) is 0 Å². The van der Waals surface area contributed by atoms with Gasteiger partial charge in [-0.15, -0.1) is 0 Å². The Hall–Kier alpha value is -6.44. The summed E-state index contributed by atoms with van der Waals surface area (Å²) in [5, 5.41) is 0. The van der Waals surface area contributed by atoms with Crippen molar-refractivity contribution in [1.82, 2.24) is 0 Å². The highest BCUT2D eigenvalue weighted by Gasteiger charge is 2.12. The summed E-state index contributed by atoms with van der Waals surface area (Å²) in [7, 11) is 0. The highest BCUT2D eigenvalue weighted by atomic mass is 19.1. The van der Waals surface area contributed by atoms with Gasteiger partial charge in [0.2, 0.25) is 0 Å². The molecule has 4 aromatic carbocycles. The average Bonchev–Trinajstić information content (AvgIpc) is 3.05. The molecule has 0 atom stereocenters. The van der Waals surface area contributed by atoms with Gasteiger partial charge in [0.25, 0.3) is 0 Å². The van der Waals surface area contributed by atoms with Gasteiger partial charge < -0.3 is 14.2 Å². The minimum atomic E-state index is -0.741. The second-order valence-corrected chi connectivity index (χ2v) is 9.92. The molecule has 226 valence electrons. The normalized spacial score (nSPS) is 9.80. The summed E-state index contributed by atoms with van der Waals surface area (Å²) in [6.45, 7) is 13.6. The van der Waals surface area contributed by atoms with Crippen molar-refractivity contribution < 1.29 is 33.0 Å². The minimum absolute atomic E-state index is 0.00469. The number of esters is 3. The van der Waals surface area contributed by atoms with Gasteiger partial charge in [-0.3, -0.25) is 0 Å². The minimum Gasteiger partial charge on any atom is -0.423 e. The number of ether oxygens (including phenoxy) is 3. The van der Waals surface area contributed by atoms with E-state index in [9.17, 15) is 14.4 Å². The molecule has 0 aliphatic heterocycles. The van der Waals surface area contributed by atoms with Crippen molar-refractivity contribution in [3.05, 3.63) is 150 Å². The van der Waals surface area contributed by atoms with Crippen molar-refractivity contribution in [2.45, 2.75) is 13.8 Å². The summed E-state index contributed by atoms with van der Waals surface area (Å²) in [6, 6.07) is 23.2. The molecule has 4 aromatic rings. The highest BCUT2D eigenvalue weighted by Crippen LogP contribution is 2.25. The van der Waals surface area contributed by atoms with E-state index < -0.39 is 23.7 Å². The zero-order chi connectivity index (χ0) is 33.2. The quantitative estimate of drug-likeness (QED) is 0.0943. The molecule has 6 nitrogen and oxygen atoms in total. The van der Waals surface area contributed by atoms with Crippen LogP contribution >= 0.6 is 0 Å². The molecule has 0 aromatic heterocycles. The van der Waals surface area contributed by atoms with E-state index in [-0.39, 0.29) is 22.4 Å².